The Morgan fingerprint density at radius 2 is 1.77 bits per heavy atom. The van der Waals surface area contributed by atoms with Gasteiger partial charge in [-0.2, -0.15) is 0 Å². The van der Waals surface area contributed by atoms with Crippen molar-refractivity contribution in [2.75, 3.05) is 31.5 Å². The van der Waals surface area contributed by atoms with Gasteiger partial charge in [-0.05, 0) is 56.3 Å². The topological polar surface area (TPSA) is 114 Å². The first-order valence-corrected chi connectivity index (χ1v) is 13.1. The number of hydrogen-bond acceptors (Lipinski definition) is 6. The lowest BCUT2D eigenvalue weighted by Crippen LogP contribution is -2.38. The maximum atomic E-state index is 14.2. The van der Waals surface area contributed by atoms with Gasteiger partial charge in [0.15, 0.2) is 0 Å². The van der Waals surface area contributed by atoms with E-state index in [2.05, 4.69) is 25.2 Å². The smallest absolute Gasteiger partial charge is 0.261 e. The van der Waals surface area contributed by atoms with Crippen molar-refractivity contribution in [1.29, 1.82) is 0 Å². The number of halogens is 1. The molecule has 4 aromatic rings. The Morgan fingerprint density at radius 1 is 1.05 bits per heavy atom. The van der Waals surface area contributed by atoms with Crippen molar-refractivity contribution >= 4 is 28.5 Å². The molecule has 0 saturated heterocycles. The summed E-state index contributed by atoms with van der Waals surface area (Å²) in [5, 5.41) is 3.30. The Morgan fingerprint density at radius 3 is 2.49 bits per heavy atom. The summed E-state index contributed by atoms with van der Waals surface area (Å²) in [6.45, 7) is 8.60. The molecular formula is C29H31FN6O3. The van der Waals surface area contributed by atoms with Crippen LogP contribution in [0, 0.1) is 5.82 Å². The molecule has 202 valence electrons. The number of likely N-dealkylation sites (N-methyl/N-ethyl adjacent to an activating group) is 1. The van der Waals surface area contributed by atoms with Crippen LogP contribution < -0.4 is 10.9 Å². The standard InChI is InChI=1S/C29H31FN6O3/c1-4-35(5-2)12-13-36-28(38)19-15-23-24(16-20(19)29(36)39)34-26(33-23)25-22(10-11-31-27(25)37)32-17(3)14-18-8-6-7-9-21(18)30/h6-11,15-17H,4-5,12-14H2,1-3H3,(H,33,34)(H2,31,32,37). The van der Waals surface area contributed by atoms with Crippen molar-refractivity contribution < 1.29 is 14.0 Å². The zero-order valence-electron chi connectivity index (χ0n) is 22.2. The minimum absolute atomic E-state index is 0.187. The molecule has 0 aliphatic carbocycles. The number of benzene rings is 2. The number of H-pyrrole nitrogens is 2. The Kier molecular flexibility index (Phi) is 7.30. The summed E-state index contributed by atoms with van der Waals surface area (Å²) in [5.74, 6) is -0.648. The van der Waals surface area contributed by atoms with Crippen LogP contribution in [-0.4, -0.2) is 68.8 Å². The maximum absolute atomic E-state index is 14.2. The van der Waals surface area contributed by atoms with Gasteiger partial charge in [-0.25, -0.2) is 9.37 Å². The largest absolute Gasteiger partial charge is 0.381 e. The molecular weight excluding hydrogens is 499 g/mol. The molecule has 3 N–H and O–H groups in total. The third-order valence-corrected chi connectivity index (χ3v) is 7.19. The van der Waals surface area contributed by atoms with Crippen LogP contribution in [0.25, 0.3) is 22.4 Å². The molecule has 1 aliphatic rings. The van der Waals surface area contributed by atoms with Gasteiger partial charge in [0.1, 0.15) is 17.2 Å². The third-order valence-electron chi connectivity index (χ3n) is 7.19. The number of nitrogens with zero attached hydrogens (tertiary/aromatic N) is 3. The molecule has 0 saturated carbocycles. The van der Waals surface area contributed by atoms with E-state index in [1.807, 2.05) is 20.8 Å². The molecule has 5 rings (SSSR count). The summed E-state index contributed by atoms with van der Waals surface area (Å²) >= 11 is 0. The van der Waals surface area contributed by atoms with Crippen LogP contribution in [0.1, 0.15) is 47.1 Å². The fraction of sp³-hybridized carbons (Fsp3) is 0.310. The van der Waals surface area contributed by atoms with Crippen LogP contribution in [0.2, 0.25) is 0 Å². The third kappa shape index (κ3) is 5.07. The second-order valence-electron chi connectivity index (χ2n) is 9.73. The molecule has 0 spiro atoms. The minimum atomic E-state index is -0.362. The molecule has 1 unspecified atom stereocenters. The fourth-order valence-corrected chi connectivity index (χ4v) is 5.04. The van der Waals surface area contributed by atoms with E-state index >= 15 is 0 Å². The highest BCUT2D eigenvalue weighted by Gasteiger charge is 2.36. The van der Waals surface area contributed by atoms with E-state index in [4.69, 9.17) is 0 Å². The molecule has 2 aromatic heterocycles. The van der Waals surface area contributed by atoms with Crippen molar-refractivity contribution in [3.63, 3.8) is 0 Å². The number of aromatic nitrogens is 3. The van der Waals surface area contributed by atoms with Crippen molar-refractivity contribution in [1.82, 2.24) is 24.8 Å². The zero-order chi connectivity index (χ0) is 27.7. The number of rotatable bonds is 10. The van der Waals surface area contributed by atoms with Gasteiger partial charge in [-0.15, -0.1) is 0 Å². The molecule has 3 heterocycles. The number of amides is 2. The Labute approximate surface area is 225 Å². The monoisotopic (exact) mass is 530 g/mol. The van der Waals surface area contributed by atoms with Gasteiger partial charge in [-0.3, -0.25) is 19.3 Å². The lowest BCUT2D eigenvalue weighted by atomic mass is 10.1. The predicted octanol–water partition coefficient (Wildman–Crippen LogP) is 4.04. The van der Waals surface area contributed by atoms with E-state index in [1.165, 1.54) is 17.2 Å². The molecule has 0 fully saturated rings. The van der Waals surface area contributed by atoms with Gasteiger partial charge in [0, 0.05) is 25.3 Å². The molecule has 1 atom stereocenters. The maximum Gasteiger partial charge on any atom is 0.261 e. The summed E-state index contributed by atoms with van der Waals surface area (Å²) in [6.07, 6.45) is 1.95. The van der Waals surface area contributed by atoms with Crippen molar-refractivity contribution in [2.24, 2.45) is 0 Å². The molecule has 2 amide bonds. The number of nitrogens with one attached hydrogen (secondary N) is 3. The quantitative estimate of drug-likeness (QED) is 0.267. The van der Waals surface area contributed by atoms with Crippen LogP contribution in [0.5, 0.6) is 0 Å². The van der Waals surface area contributed by atoms with Crippen LogP contribution in [0.15, 0.2) is 53.5 Å². The molecule has 0 radical (unpaired) electrons. The molecule has 2 aromatic carbocycles. The average molecular weight is 531 g/mol. The number of carbonyl (C=O) groups is 2. The molecule has 39 heavy (non-hydrogen) atoms. The van der Waals surface area contributed by atoms with Crippen molar-refractivity contribution in [2.45, 2.75) is 33.2 Å². The number of fused-ring (bicyclic) bond motifs is 2. The lowest BCUT2D eigenvalue weighted by molar-refractivity contribution is 0.0638. The first-order valence-electron chi connectivity index (χ1n) is 13.1. The highest BCUT2D eigenvalue weighted by molar-refractivity contribution is 6.22. The minimum Gasteiger partial charge on any atom is -0.381 e. The normalized spacial score (nSPS) is 13.9. The first kappa shape index (κ1) is 26.3. The second kappa shape index (κ2) is 10.8. The Bertz CT molecular complexity index is 1550. The van der Waals surface area contributed by atoms with Gasteiger partial charge in [-0.1, -0.05) is 32.0 Å². The van der Waals surface area contributed by atoms with E-state index in [9.17, 15) is 18.8 Å². The van der Waals surface area contributed by atoms with Gasteiger partial charge in [0.25, 0.3) is 17.4 Å². The zero-order valence-corrected chi connectivity index (χ0v) is 22.2. The summed E-state index contributed by atoms with van der Waals surface area (Å²) in [5.41, 5.74) is 2.68. The Hall–Kier alpha value is -4.31. The SMILES string of the molecule is CCN(CC)CCN1C(=O)c2cc3nc(-c4c(NC(C)Cc5ccccc5F)cc[nH]c4=O)[nH]c3cc2C1=O. The summed E-state index contributed by atoms with van der Waals surface area (Å²) in [7, 11) is 0. The summed E-state index contributed by atoms with van der Waals surface area (Å²) in [6, 6.07) is 11.4. The summed E-state index contributed by atoms with van der Waals surface area (Å²) in [4.78, 5) is 52.9. The number of aromatic amines is 2. The van der Waals surface area contributed by atoms with Gasteiger partial charge in [0.2, 0.25) is 0 Å². The van der Waals surface area contributed by atoms with E-state index in [0.29, 0.717) is 58.7 Å². The van der Waals surface area contributed by atoms with Crippen LogP contribution >= 0.6 is 0 Å². The van der Waals surface area contributed by atoms with Gasteiger partial charge < -0.3 is 20.2 Å². The fourth-order valence-electron chi connectivity index (χ4n) is 5.04. The summed E-state index contributed by atoms with van der Waals surface area (Å²) < 4.78 is 14.2. The predicted molar refractivity (Wildman–Crippen MR) is 148 cm³/mol. The van der Waals surface area contributed by atoms with E-state index < -0.39 is 0 Å². The molecule has 0 bridgehead atoms. The molecule has 1 aliphatic heterocycles. The molecule has 10 heteroatoms. The number of hydrogen-bond donors (Lipinski definition) is 3. The second-order valence-corrected chi connectivity index (χ2v) is 9.73. The van der Waals surface area contributed by atoms with E-state index in [1.54, 1.807) is 36.4 Å². The van der Waals surface area contributed by atoms with Crippen molar-refractivity contribution in [3.05, 3.63) is 81.5 Å². The van der Waals surface area contributed by atoms with Crippen LogP contribution in [-0.2, 0) is 6.42 Å². The van der Waals surface area contributed by atoms with E-state index in [0.717, 1.165) is 13.1 Å². The lowest BCUT2D eigenvalue weighted by Gasteiger charge is -2.21. The number of imide groups is 1. The number of pyridine rings is 1. The van der Waals surface area contributed by atoms with E-state index in [-0.39, 0.29) is 34.8 Å². The van der Waals surface area contributed by atoms with Gasteiger partial charge >= 0.3 is 0 Å². The Balaban J connectivity index is 1.42. The highest BCUT2D eigenvalue weighted by Crippen LogP contribution is 2.30. The number of imidazole rings is 1. The van der Waals surface area contributed by atoms with Gasteiger partial charge in [0.05, 0.1) is 27.8 Å². The highest BCUT2D eigenvalue weighted by atomic mass is 19.1. The number of carbonyl (C=O) groups excluding carboxylic acids is 2. The first-order chi connectivity index (χ1) is 18.8. The number of anilines is 1. The van der Waals surface area contributed by atoms with Crippen LogP contribution in [0.3, 0.4) is 0 Å². The molecule has 9 nitrogen and oxygen atoms in total. The van der Waals surface area contributed by atoms with Crippen LogP contribution in [0.4, 0.5) is 10.1 Å². The average Bonchev–Trinajstić information content (AvgIpc) is 3.43. The van der Waals surface area contributed by atoms with Crippen molar-refractivity contribution in [3.8, 4) is 11.4 Å².